The lowest BCUT2D eigenvalue weighted by molar-refractivity contribution is -0.124. The van der Waals surface area contributed by atoms with E-state index in [0.29, 0.717) is 32.2 Å². The number of unbranched alkanes of at least 4 members (excludes halogenated alkanes) is 1. The third-order valence-electron chi connectivity index (χ3n) is 4.62. The van der Waals surface area contributed by atoms with Gasteiger partial charge in [-0.3, -0.25) is 14.4 Å². The molecular weight excluding hydrogens is 414 g/mol. The Balaban J connectivity index is 4.00. The smallest absolute Gasteiger partial charge is 0.221 e. The van der Waals surface area contributed by atoms with Crippen molar-refractivity contribution >= 4 is 18.2 Å². The van der Waals surface area contributed by atoms with E-state index in [0.717, 1.165) is 0 Å². The zero-order valence-corrected chi connectivity index (χ0v) is 17.7. The predicted octanol–water partition coefficient (Wildman–Crippen LogP) is -3.55. The maximum atomic E-state index is 11.8. The van der Waals surface area contributed by atoms with Gasteiger partial charge in [-0.05, 0) is 25.7 Å². The van der Waals surface area contributed by atoms with Crippen molar-refractivity contribution in [1.29, 1.82) is 0 Å². The minimum absolute atomic E-state index is 0.0628. The van der Waals surface area contributed by atoms with Crippen molar-refractivity contribution in [3.8, 4) is 0 Å². The number of hydrogen-bond donors (Lipinski definition) is 8. The minimum Gasteiger partial charge on any atom is -0.396 e. The Morgan fingerprint density at radius 3 is 2.03 bits per heavy atom. The van der Waals surface area contributed by atoms with Crippen molar-refractivity contribution in [1.82, 2.24) is 15.5 Å². The normalized spacial score (nSPS) is 14.9. The van der Waals surface area contributed by atoms with Crippen molar-refractivity contribution < 1.29 is 45.0 Å². The van der Waals surface area contributed by atoms with Gasteiger partial charge < -0.3 is 46.2 Å². The first-order valence-electron chi connectivity index (χ1n) is 10.4. The molecule has 182 valence electrons. The number of amides is 3. The zero-order valence-electron chi connectivity index (χ0n) is 17.7. The summed E-state index contributed by atoms with van der Waals surface area (Å²) in [5.74, 6) is -0.734. The molecule has 12 nitrogen and oxygen atoms in total. The molecule has 0 aliphatic carbocycles. The van der Waals surface area contributed by atoms with Crippen LogP contribution >= 0.6 is 0 Å². The second-order valence-corrected chi connectivity index (χ2v) is 7.27. The first-order valence-corrected chi connectivity index (χ1v) is 10.4. The number of nitrogens with one attached hydrogen (secondary N) is 2. The maximum absolute atomic E-state index is 11.8. The summed E-state index contributed by atoms with van der Waals surface area (Å²) < 4.78 is 0. The molecular formula is C19H37N3O9. The summed E-state index contributed by atoms with van der Waals surface area (Å²) in [4.78, 5) is 36.0. The third-order valence-corrected chi connectivity index (χ3v) is 4.62. The standard InChI is InChI=1S/C19H37N3O9/c23-10-6-15(27)19(31)16(28)11-21-18(30)5-9-22(13-25)8-4-17(29)20-7-2-1-3-14(26)12-24/h13-16,19,23-24,26-28,31H,1-12H2,(H,20,29)(H,21,30). The molecule has 0 saturated heterocycles. The summed E-state index contributed by atoms with van der Waals surface area (Å²) in [6.45, 7) is -0.342. The molecule has 0 rings (SSSR count). The number of nitrogens with zero attached hydrogens (tertiary/aromatic N) is 1. The molecule has 0 bridgehead atoms. The van der Waals surface area contributed by atoms with Crippen LogP contribution in [-0.2, 0) is 14.4 Å². The molecule has 12 heteroatoms. The lowest BCUT2D eigenvalue weighted by atomic mass is 10.1. The Morgan fingerprint density at radius 1 is 0.871 bits per heavy atom. The Labute approximate surface area is 181 Å². The van der Waals surface area contributed by atoms with Gasteiger partial charge in [0.1, 0.15) is 6.10 Å². The average molecular weight is 452 g/mol. The first-order chi connectivity index (χ1) is 14.7. The van der Waals surface area contributed by atoms with Crippen LogP contribution in [0.15, 0.2) is 0 Å². The van der Waals surface area contributed by atoms with Crippen LogP contribution in [0.2, 0.25) is 0 Å². The monoisotopic (exact) mass is 451 g/mol. The molecule has 4 unspecified atom stereocenters. The zero-order chi connectivity index (χ0) is 23.6. The number of carbonyl (C=O) groups is 3. The number of aliphatic hydroxyl groups excluding tert-OH is 6. The Hall–Kier alpha value is -1.83. The fourth-order valence-electron chi connectivity index (χ4n) is 2.61. The van der Waals surface area contributed by atoms with Crippen LogP contribution in [0.5, 0.6) is 0 Å². The lowest BCUT2D eigenvalue weighted by Crippen LogP contribution is -2.45. The number of carbonyl (C=O) groups excluding carboxylic acids is 3. The van der Waals surface area contributed by atoms with Crippen molar-refractivity contribution in [3.05, 3.63) is 0 Å². The lowest BCUT2D eigenvalue weighted by Gasteiger charge is -2.23. The molecule has 0 fully saturated rings. The second kappa shape index (κ2) is 17.8. The second-order valence-electron chi connectivity index (χ2n) is 7.27. The molecule has 4 atom stereocenters. The highest BCUT2D eigenvalue weighted by atomic mass is 16.4. The van der Waals surface area contributed by atoms with Crippen LogP contribution < -0.4 is 10.6 Å². The third kappa shape index (κ3) is 14.7. The van der Waals surface area contributed by atoms with Crippen molar-refractivity contribution in [3.63, 3.8) is 0 Å². The van der Waals surface area contributed by atoms with Gasteiger partial charge in [-0.2, -0.15) is 0 Å². The topological polar surface area (TPSA) is 200 Å². The largest absolute Gasteiger partial charge is 0.396 e. The summed E-state index contributed by atoms with van der Waals surface area (Å²) in [6, 6.07) is 0. The summed E-state index contributed by atoms with van der Waals surface area (Å²) in [5.41, 5.74) is 0. The van der Waals surface area contributed by atoms with Crippen LogP contribution in [0.25, 0.3) is 0 Å². The Morgan fingerprint density at radius 2 is 1.48 bits per heavy atom. The molecule has 0 aromatic heterocycles. The highest BCUT2D eigenvalue weighted by molar-refractivity contribution is 5.77. The highest BCUT2D eigenvalue weighted by Crippen LogP contribution is 2.03. The summed E-state index contributed by atoms with van der Waals surface area (Å²) in [7, 11) is 0. The van der Waals surface area contributed by atoms with Gasteiger partial charge in [0.25, 0.3) is 0 Å². The van der Waals surface area contributed by atoms with Crippen LogP contribution in [0, 0.1) is 0 Å². The molecule has 0 aliphatic rings. The molecule has 0 aromatic carbocycles. The van der Waals surface area contributed by atoms with Gasteiger partial charge in [-0.15, -0.1) is 0 Å². The van der Waals surface area contributed by atoms with Crippen LogP contribution in [0.3, 0.4) is 0 Å². The molecule has 31 heavy (non-hydrogen) atoms. The molecule has 0 heterocycles. The Bertz CT molecular complexity index is 510. The number of rotatable bonds is 19. The van der Waals surface area contributed by atoms with Crippen LogP contribution in [0.1, 0.15) is 38.5 Å². The van der Waals surface area contributed by atoms with E-state index in [2.05, 4.69) is 10.6 Å². The maximum Gasteiger partial charge on any atom is 0.221 e. The van der Waals surface area contributed by atoms with Crippen molar-refractivity contribution in [2.75, 3.05) is 39.4 Å². The van der Waals surface area contributed by atoms with E-state index in [4.69, 9.17) is 10.2 Å². The molecule has 8 N–H and O–H groups in total. The van der Waals surface area contributed by atoms with Crippen LogP contribution in [0.4, 0.5) is 0 Å². The molecule has 0 aliphatic heterocycles. The molecule has 0 aromatic rings. The summed E-state index contributed by atoms with van der Waals surface area (Å²) >= 11 is 0. The van der Waals surface area contributed by atoms with E-state index < -0.39 is 30.3 Å². The fraction of sp³-hybridized carbons (Fsp3) is 0.842. The van der Waals surface area contributed by atoms with E-state index in [9.17, 15) is 34.8 Å². The van der Waals surface area contributed by atoms with Crippen LogP contribution in [-0.4, -0.2) is 118 Å². The van der Waals surface area contributed by atoms with Gasteiger partial charge in [-0.25, -0.2) is 0 Å². The fourth-order valence-corrected chi connectivity index (χ4v) is 2.61. The van der Waals surface area contributed by atoms with Gasteiger partial charge in [0, 0.05) is 45.6 Å². The van der Waals surface area contributed by atoms with Crippen molar-refractivity contribution in [2.45, 2.75) is 62.9 Å². The number of hydrogen-bond acceptors (Lipinski definition) is 9. The minimum atomic E-state index is -1.52. The van der Waals surface area contributed by atoms with Gasteiger partial charge in [0.2, 0.25) is 18.2 Å². The molecule has 3 amide bonds. The SMILES string of the molecule is O=CN(CCC(=O)NCCCCC(O)CO)CCC(=O)NCC(O)C(O)C(O)CCO. The molecule has 0 saturated carbocycles. The van der Waals surface area contributed by atoms with Gasteiger partial charge in [0.15, 0.2) is 0 Å². The van der Waals surface area contributed by atoms with E-state index in [-0.39, 0.29) is 58.0 Å². The van der Waals surface area contributed by atoms with E-state index >= 15 is 0 Å². The Kier molecular flexibility index (Phi) is 16.8. The van der Waals surface area contributed by atoms with E-state index in [1.165, 1.54) is 4.90 Å². The summed E-state index contributed by atoms with van der Waals surface area (Å²) in [5, 5.41) is 60.6. The van der Waals surface area contributed by atoms with E-state index in [1.807, 2.05) is 0 Å². The van der Waals surface area contributed by atoms with Gasteiger partial charge in [-0.1, -0.05) is 0 Å². The summed E-state index contributed by atoms with van der Waals surface area (Å²) in [6.07, 6.45) is -2.83. The predicted molar refractivity (Wildman–Crippen MR) is 110 cm³/mol. The average Bonchev–Trinajstić information content (AvgIpc) is 2.76. The van der Waals surface area contributed by atoms with Gasteiger partial charge >= 0.3 is 0 Å². The highest BCUT2D eigenvalue weighted by Gasteiger charge is 2.24. The van der Waals surface area contributed by atoms with Gasteiger partial charge in [0.05, 0.1) is 24.9 Å². The molecule has 0 spiro atoms. The van der Waals surface area contributed by atoms with E-state index in [1.54, 1.807) is 0 Å². The quantitative estimate of drug-likeness (QED) is 0.0723. The molecule has 0 radical (unpaired) electrons. The van der Waals surface area contributed by atoms with Crippen molar-refractivity contribution in [2.24, 2.45) is 0 Å². The first kappa shape index (κ1) is 29.2. The number of aliphatic hydroxyl groups is 6.